The fourth-order valence-corrected chi connectivity index (χ4v) is 5.60. The van der Waals surface area contributed by atoms with E-state index in [1.54, 1.807) is 30.1 Å². The standard InChI is InChI=1S/C24H31NO5S2/c26-20(27)14-17-31-22(21(28)24(29)30)19-13-9-15-25-23(19)32-16-8-3-1-2-5-10-18-11-6-4-7-12-18/h4,6-7,9,11-13,15,21-22,28H,1-3,5,8,10,14,16-17H2,(H,26,27)(H,29,30). The van der Waals surface area contributed by atoms with Crippen LogP contribution in [0.3, 0.4) is 0 Å². The summed E-state index contributed by atoms with van der Waals surface area (Å²) in [5.41, 5.74) is 2.02. The van der Waals surface area contributed by atoms with Crippen molar-refractivity contribution < 1.29 is 24.9 Å². The lowest BCUT2D eigenvalue weighted by atomic mass is 10.1. The minimum absolute atomic E-state index is 0.0967. The first-order valence-electron chi connectivity index (χ1n) is 10.8. The molecule has 2 unspecified atom stereocenters. The predicted molar refractivity (Wildman–Crippen MR) is 129 cm³/mol. The number of thioether (sulfide) groups is 2. The summed E-state index contributed by atoms with van der Waals surface area (Å²) >= 11 is 2.70. The molecule has 32 heavy (non-hydrogen) atoms. The fraction of sp³-hybridized carbons (Fsp3) is 0.458. The van der Waals surface area contributed by atoms with E-state index in [9.17, 15) is 19.8 Å². The second-order valence-electron chi connectivity index (χ2n) is 7.47. The van der Waals surface area contributed by atoms with Crippen LogP contribution in [0.5, 0.6) is 0 Å². The molecular weight excluding hydrogens is 446 g/mol. The van der Waals surface area contributed by atoms with E-state index >= 15 is 0 Å². The van der Waals surface area contributed by atoms with Crippen LogP contribution in [-0.2, 0) is 16.0 Å². The Hall–Kier alpha value is -2.03. The van der Waals surface area contributed by atoms with Gasteiger partial charge in [-0.15, -0.1) is 23.5 Å². The second-order valence-corrected chi connectivity index (χ2v) is 9.80. The third-order valence-electron chi connectivity index (χ3n) is 4.95. The number of carboxylic acids is 2. The Balaban J connectivity index is 1.80. The number of carbonyl (C=O) groups is 2. The van der Waals surface area contributed by atoms with Gasteiger partial charge in [0.15, 0.2) is 6.10 Å². The summed E-state index contributed by atoms with van der Waals surface area (Å²) in [6.45, 7) is 0. The monoisotopic (exact) mass is 477 g/mol. The number of hydrogen-bond donors (Lipinski definition) is 3. The lowest BCUT2D eigenvalue weighted by Crippen LogP contribution is -2.27. The van der Waals surface area contributed by atoms with Crippen molar-refractivity contribution in [1.82, 2.24) is 4.98 Å². The number of nitrogens with zero attached hydrogens (tertiary/aromatic N) is 1. The van der Waals surface area contributed by atoms with Crippen LogP contribution in [0.2, 0.25) is 0 Å². The van der Waals surface area contributed by atoms with Crippen LogP contribution in [0.15, 0.2) is 53.7 Å². The Morgan fingerprint density at radius 3 is 2.34 bits per heavy atom. The van der Waals surface area contributed by atoms with Gasteiger partial charge in [-0.2, -0.15) is 0 Å². The molecule has 0 aliphatic heterocycles. The van der Waals surface area contributed by atoms with Gasteiger partial charge in [0, 0.05) is 17.5 Å². The van der Waals surface area contributed by atoms with Crippen LogP contribution in [0.25, 0.3) is 0 Å². The third kappa shape index (κ3) is 9.63. The molecule has 2 aromatic rings. The Bertz CT molecular complexity index is 834. The molecule has 2 atom stereocenters. The molecule has 2 rings (SSSR count). The summed E-state index contributed by atoms with van der Waals surface area (Å²) in [5, 5.41) is 28.3. The molecule has 1 aromatic carbocycles. The van der Waals surface area contributed by atoms with Crippen molar-refractivity contribution in [3.63, 3.8) is 0 Å². The van der Waals surface area contributed by atoms with E-state index in [2.05, 4.69) is 29.2 Å². The first-order valence-corrected chi connectivity index (χ1v) is 12.9. The molecule has 0 aliphatic carbocycles. The summed E-state index contributed by atoms with van der Waals surface area (Å²) in [5.74, 6) is -1.20. The molecule has 0 saturated heterocycles. The largest absolute Gasteiger partial charge is 0.481 e. The third-order valence-corrected chi connectivity index (χ3v) is 7.37. The van der Waals surface area contributed by atoms with Crippen molar-refractivity contribution in [2.75, 3.05) is 11.5 Å². The first-order chi connectivity index (χ1) is 15.5. The van der Waals surface area contributed by atoms with Crippen molar-refractivity contribution >= 4 is 35.5 Å². The molecule has 0 radical (unpaired) electrons. The number of benzene rings is 1. The maximum atomic E-state index is 11.4. The van der Waals surface area contributed by atoms with E-state index in [1.165, 1.54) is 24.8 Å². The molecule has 0 saturated carbocycles. The van der Waals surface area contributed by atoms with Crippen LogP contribution < -0.4 is 0 Å². The normalized spacial score (nSPS) is 12.9. The van der Waals surface area contributed by atoms with Gasteiger partial charge in [-0.05, 0) is 36.6 Å². The van der Waals surface area contributed by atoms with Gasteiger partial charge in [0.05, 0.1) is 11.7 Å². The van der Waals surface area contributed by atoms with Crippen LogP contribution in [-0.4, -0.2) is 49.9 Å². The zero-order valence-corrected chi connectivity index (χ0v) is 19.7. The highest BCUT2D eigenvalue weighted by Crippen LogP contribution is 2.37. The minimum Gasteiger partial charge on any atom is -0.481 e. The van der Waals surface area contributed by atoms with Gasteiger partial charge >= 0.3 is 11.9 Å². The maximum absolute atomic E-state index is 11.4. The first kappa shape index (κ1) is 26.2. The molecule has 0 spiro atoms. The molecule has 174 valence electrons. The number of carboxylic acid groups (broad SMARTS) is 2. The second kappa shape index (κ2) is 14.9. The number of pyridine rings is 1. The number of aliphatic hydroxyl groups excluding tert-OH is 1. The van der Waals surface area contributed by atoms with E-state index in [1.807, 2.05) is 6.07 Å². The van der Waals surface area contributed by atoms with E-state index in [0.717, 1.165) is 36.8 Å². The molecule has 0 bridgehead atoms. The average molecular weight is 478 g/mol. The number of aryl methyl sites for hydroxylation is 1. The van der Waals surface area contributed by atoms with Crippen LogP contribution in [0, 0.1) is 0 Å². The molecule has 8 heteroatoms. The highest BCUT2D eigenvalue weighted by molar-refractivity contribution is 8.00. The fourth-order valence-electron chi connectivity index (χ4n) is 3.27. The number of hydrogen-bond acceptors (Lipinski definition) is 6. The zero-order valence-electron chi connectivity index (χ0n) is 18.1. The summed E-state index contributed by atoms with van der Waals surface area (Å²) in [7, 11) is 0. The number of unbranched alkanes of at least 4 members (excludes halogenated alkanes) is 4. The van der Waals surface area contributed by atoms with E-state index in [-0.39, 0.29) is 12.2 Å². The van der Waals surface area contributed by atoms with E-state index in [0.29, 0.717) is 10.6 Å². The SMILES string of the molecule is O=C(O)CCSC(c1cccnc1SCCCCCCCc1ccccc1)C(O)C(=O)O. The van der Waals surface area contributed by atoms with E-state index < -0.39 is 23.3 Å². The lowest BCUT2D eigenvalue weighted by molar-refractivity contribution is -0.146. The molecule has 6 nitrogen and oxygen atoms in total. The predicted octanol–water partition coefficient (Wildman–Crippen LogP) is 5.06. The Labute approximate surface area is 197 Å². The van der Waals surface area contributed by atoms with Crippen LogP contribution >= 0.6 is 23.5 Å². The van der Waals surface area contributed by atoms with Gasteiger partial charge in [-0.25, -0.2) is 9.78 Å². The van der Waals surface area contributed by atoms with Crippen molar-refractivity contribution in [3.8, 4) is 0 Å². The van der Waals surface area contributed by atoms with Crippen molar-refractivity contribution in [1.29, 1.82) is 0 Å². The molecule has 3 N–H and O–H groups in total. The van der Waals surface area contributed by atoms with E-state index in [4.69, 9.17) is 5.11 Å². The average Bonchev–Trinajstić information content (AvgIpc) is 2.79. The molecule has 0 amide bonds. The highest BCUT2D eigenvalue weighted by atomic mass is 32.2. The Morgan fingerprint density at radius 2 is 1.62 bits per heavy atom. The summed E-state index contributed by atoms with van der Waals surface area (Å²) in [4.78, 5) is 26.6. The van der Waals surface area contributed by atoms with Gasteiger partial charge in [0.1, 0.15) is 5.03 Å². The maximum Gasteiger partial charge on any atom is 0.334 e. The molecule has 1 aromatic heterocycles. The number of rotatable bonds is 16. The van der Waals surface area contributed by atoms with Crippen molar-refractivity contribution in [3.05, 3.63) is 59.8 Å². The van der Waals surface area contributed by atoms with Crippen molar-refractivity contribution in [2.45, 2.75) is 61.3 Å². The number of aliphatic carboxylic acids is 2. The summed E-state index contributed by atoms with van der Waals surface area (Å²) < 4.78 is 0. The number of aromatic nitrogens is 1. The molecular formula is C24H31NO5S2. The quantitative estimate of drug-likeness (QED) is 0.227. The highest BCUT2D eigenvalue weighted by Gasteiger charge is 2.30. The smallest absolute Gasteiger partial charge is 0.334 e. The minimum atomic E-state index is -1.62. The molecule has 1 heterocycles. The van der Waals surface area contributed by atoms with Gasteiger partial charge in [-0.1, -0.05) is 55.7 Å². The number of aliphatic hydroxyl groups is 1. The van der Waals surface area contributed by atoms with Crippen LogP contribution in [0.1, 0.15) is 54.9 Å². The van der Waals surface area contributed by atoms with Crippen molar-refractivity contribution in [2.24, 2.45) is 0 Å². The summed E-state index contributed by atoms with van der Waals surface area (Å²) in [6, 6.07) is 14.0. The lowest BCUT2D eigenvalue weighted by Gasteiger charge is -2.21. The topological polar surface area (TPSA) is 108 Å². The molecule has 0 fully saturated rings. The van der Waals surface area contributed by atoms with Crippen LogP contribution in [0.4, 0.5) is 0 Å². The van der Waals surface area contributed by atoms with Gasteiger partial charge in [-0.3, -0.25) is 4.79 Å². The summed E-state index contributed by atoms with van der Waals surface area (Å²) in [6.07, 6.45) is 6.76. The Kier molecular flexibility index (Phi) is 12.2. The zero-order chi connectivity index (χ0) is 23.2. The van der Waals surface area contributed by atoms with Gasteiger partial charge < -0.3 is 15.3 Å². The van der Waals surface area contributed by atoms with Gasteiger partial charge in [0.2, 0.25) is 0 Å². The van der Waals surface area contributed by atoms with Gasteiger partial charge in [0.25, 0.3) is 0 Å². The molecule has 0 aliphatic rings. The Morgan fingerprint density at radius 1 is 0.906 bits per heavy atom.